The normalized spacial score (nSPS) is 15.4. The van der Waals surface area contributed by atoms with E-state index in [-0.39, 0.29) is 23.6 Å². The van der Waals surface area contributed by atoms with Gasteiger partial charge in [0.2, 0.25) is 11.8 Å². The highest BCUT2D eigenvalue weighted by Crippen LogP contribution is 2.34. The van der Waals surface area contributed by atoms with Crippen molar-refractivity contribution in [2.75, 3.05) is 23.9 Å². The van der Waals surface area contributed by atoms with Gasteiger partial charge < -0.3 is 10.2 Å². The van der Waals surface area contributed by atoms with Crippen molar-refractivity contribution in [1.29, 1.82) is 0 Å². The molecule has 26 heavy (non-hydrogen) atoms. The van der Waals surface area contributed by atoms with Gasteiger partial charge in [-0.1, -0.05) is 36.4 Å². The standard InChI is InChI=1S/C21H24N2O2S/c1-15-6-5-8-17(12-15)22-20(24)13-26-14-21(25)23(2)19-11-10-16-7-3-4-9-18(16)19/h3-9,12,19H,10-11,13-14H2,1-2H3,(H,22,24)/t19-/m1/s1. The number of rotatable bonds is 6. The van der Waals surface area contributed by atoms with Crippen molar-refractivity contribution in [3.05, 3.63) is 65.2 Å². The average Bonchev–Trinajstić information content (AvgIpc) is 3.05. The maximum atomic E-state index is 12.5. The van der Waals surface area contributed by atoms with E-state index >= 15 is 0 Å². The van der Waals surface area contributed by atoms with E-state index in [0.29, 0.717) is 5.75 Å². The molecule has 0 fully saturated rings. The van der Waals surface area contributed by atoms with Gasteiger partial charge in [-0.25, -0.2) is 0 Å². The molecule has 0 unspecified atom stereocenters. The van der Waals surface area contributed by atoms with Crippen LogP contribution in [-0.2, 0) is 16.0 Å². The summed E-state index contributed by atoms with van der Waals surface area (Å²) in [4.78, 5) is 26.4. The lowest BCUT2D eigenvalue weighted by atomic mass is 10.1. The van der Waals surface area contributed by atoms with Gasteiger partial charge in [0.15, 0.2) is 0 Å². The summed E-state index contributed by atoms with van der Waals surface area (Å²) in [7, 11) is 1.86. The lowest BCUT2D eigenvalue weighted by Gasteiger charge is -2.25. The van der Waals surface area contributed by atoms with Gasteiger partial charge >= 0.3 is 0 Å². The number of carbonyl (C=O) groups excluding carboxylic acids is 2. The summed E-state index contributed by atoms with van der Waals surface area (Å²) in [5.41, 5.74) is 4.48. The Bertz CT molecular complexity index is 806. The third kappa shape index (κ3) is 4.47. The fourth-order valence-electron chi connectivity index (χ4n) is 3.36. The van der Waals surface area contributed by atoms with Crippen LogP contribution in [0.5, 0.6) is 0 Å². The molecule has 136 valence electrons. The minimum Gasteiger partial charge on any atom is -0.338 e. The van der Waals surface area contributed by atoms with E-state index in [9.17, 15) is 9.59 Å². The molecular formula is C21H24N2O2S. The van der Waals surface area contributed by atoms with Gasteiger partial charge in [-0.05, 0) is 48.6 Å². The lowest BCUT2D eigenvalue weighted by molar-refractivity contribution is -0.129. The third-order valence-corrected chi connectivity index (χ3v) is 5.64. The number of carbonyl (C=O) groups is 2. The molecule has 1 aliphatic rings. The van der Waals surface area contributed by atoms with Crippen molar-refractivity contribution < 1.29 is 9.59 Å². The van der Waals surface area contributed by atoms with Crippen molar-refractivity contribution in [3.8, 4) is 0 Å². The Morgan fingerprint density at radius 3 is 2.77 bits per heavy atom. The van der Waals surface area contributed by atoms with Crippen LogP contribution >= 0.6 is 11.8 Å². The highest BCUT2D eigenvalue weighted by Gasteiger charge is 2.28. The van der Waals surface area contributed by atoms with E-state index in [1.54, 1.807) is 0 Å². The van der Waals surface area contributed by atoms with Crippen LogP contribution in [0, 0.1) is 6.92 Å². The van der Waals surface area contributed by atoms with Crippen LogP contribution in [0.15, 0.2) is 48.5 Å². The number of nitrogens with one attached hydrogen (secondary N) is 1. The van der Waals surface area contributed by atoms with Crippen LogP contribution in [0.1, 0.15) is 29.2 Å². The molecule has 2 amide bonds. The number of amides is 2. The van der Waals surface area contributed by atoms with E-state index in [1.807, 2.05) is 55.3 Å². The molecule has 0 radical (unpaired) electrons. The largest absolute Gasteiger partial charge is 0.338 e. The Morgan fingerprint density at radius 1 is 1.15 bits per heavy atom. The highest BCUT2D eigenvalue weighted by molar-refractivity contribution is 8.00. The van der Waals surface area contributed by atoms with E-state index in [4.69, 9.17) is 0 Å². The molecule has 5 heteroatoms. The Balaban J connectivity index is 1.46. The van der Waals surface area contributed by atoms with Crippen molar-refractivity contribution >= 4 is 29.3 Å². The molecule has 0 bridgehead atoms. The third-order valence-electron chi connectivity index (χ3n) is 4.72. The van der Waals surface area contributed by atoms with Gasteiger partial charge in [0.1, 0.15) is 0 Å². The van der Waals surface area contributed by atoms with Gasteiger partial charge in [0.25, 0.3) is 0 Å². The van der Waals surface area contributed by atoms with Crippen molar-refractivity contribution in [2.24, 2.45) is 0 Å². The zero-order valence-electron chi connectivity index (χ0n) is 15.2. The first-order chi connectivity index (χ1) is 12.5. The SMILES string of the molecule is Cc1cccc(NC(=O)CSCC(=O)N(C)[C@@H]2CCc3ccccc32)c1. The van der Waals surface area contributed by atoms with Crippen molar-refractivity contribution in [3.63, 3.8) is 0 Å². The molecular weight excluding hydrogens is 344 g/mol. The predicted octanol–water partition coefficient (Wildman–Crippen LogP) is 3.81. The fourth-order valence-corrected chi connectivity index (χ4v) is 4.10. The minimum atomic E-state index is -0.0812. The van der Waals surface area contributed by atoms with Gasteiger partial charge in [-0.15, -0.1) is 11.8 Å². The monoisotopic (exact) mass is 368 g/mol. The number of benzene rings is 2. The predicted molar refractivity (Wildman–Crippen MR) is 107 cm³/mol. The molecule has 1 N–H and O–H groups in total. The van der Waals surface area contributed by atoms with E-state index in [0.717, 1.165) is 24.1 Å². The molecule has 0 spiro atoms. The summed E-state index contributed by atoms with van der Waals surface area (Å²) in [6.45, 7) is 1.99. The lowest BCUT2D eigenvalue weighted by Crippen LogP contribution is -2.32. The number of anilines is 1. The quantitative estimate of drug-likeness (QED) is 0.843. The zero-order valence-corrected chi connectivity index (χ0v) is 16.0. The molecule has 1 atom stereocenters. The molecule has 0 aromatic heterocycles. The first kappa shape index (κ1) is 18.5. The van der Waals surface area contributed by atoms with E-state index in [2.05, 4.69) is 17.4 Å². The van der Waals surface area contributed by atoms with Gasteiger partial charge in [-0.3, -0.25) is 9.59 Å². The van der Waals surface area contributed by atoms with Gasteiger partial charge in [0, 0.05) is 12.7 Å². The zero-order chi connectivity index (χ0) is 18.5. The highest BCUT2D eigenvalue weighted by atomic mass is 32.2. The Hall–Kier alpha value is -2.27. The molecule has 2 aromatic carbocycles. The number of hydrogen-bond donors (Lipinski definition) is 1. The first-order valence-electron chi connectivity index (χ1n) is 8.82. The molecule has 1 aliphatic carbocycles. The van der Waals surface area contributed by atoms with Crippen molar-refractivity contribution in [1.82, 2.24) is 4.90 Å². The minimum absolute atomic E-state index is 0.0695. The fraction of sp³-hybridized carbons (Fsp3) is 0.333. The molecule has 0 aliphatic heterocycles. The van der Waals surface area contributed by atoms with Crippen LogP contribution in [0.4, 0.5) is 5.69 Å². The summed E-state index contributed by atoms with van der Waals surface area (Å²) >= 11 is 1.36. The number of hydrogen-bond acceptors (Lipinski definition) is 3. The molecule has 3 rings (SSSR count). The summed E-state index contributed by atoms with van der Waals surface area (Å²) in [6, 6.07) is 16.2. The summed E-state index contributed by atoms with van der Waals surface area (Å²) in [5.74, 6) is 0.577. The van der Waals surface area contributed by atoms with Gasteiger partial charge in [-0.2, -0.15) is 0 Å². The molecule has 0 heterocycles. The van der Waals surface area contributed by atoms with E-state index < -0.39 is 0 Å². The molecule has 0 saturated carbocycles. The molecule has 0 saturated heterocycles. The molecule has 4 nitrogen and oxygen atoms in total. The summed E-state index contributed by atoms with van der Waals surface area (Å²) in [5, 5.41) is 2.87. The number of aryl methyl sites for hydroxylation is 2. The maximum Gasteiger partial charge on any atom is 0.234 e. The number of nitrogens with zero attached hydrogens (tertiary/aromatic N) is 1. The number of fused-ring (bicyclic) bond motifs is 1. The molecule has 2 aromatic rings. The van der Waals surface area contributed by atoms with Crippen molar-refractivity contribution in [2.45, 2.75) is 25.8 Å². The smallest absolute Gasteiger partial charge is 0.234 e. The second-order valence-electron chi connectivity index (χ2n) is 6.67. The summed E-state index contributed by atoms with van der Waals surface area (Å²) < 4.78 is 0. The van der Waals surface area contributed by atoms with Crippen LogP contribution in [0.3, 0.4) is 0 Å². The second kappa shape index (κ2) is 8.41. The first-order valence-corrected chi connectivity index (χ1v) is 9.98. The Morgan fingerprint density at radius 2 is 1.96 bits per heavy atom. The number of thioether (sulfide) groups is 1. The average molecular weight is 369 g/mol. The van der Waals surface area contributed by atoms with E-state index in [1.165, 1.54) is 22.9 Å². The Kier molecular flexibility index (Phi) is 5.99. The van der Waals surface area contributed by atoms with Crippen LogP contribution in [-0.4, -0.2) is 35.3 Å². The van der Waals surface area contributed by atoms with Crippen LogP contribution < -0.4 is 5.32 Å². The maximum absolute atomic E-state index is 12.5. The van der Waals surface area contributed by atoms with Crippen LogP contribution in [0.25, 0.3) is 0 Å². The topological polar surface area (TPSA) is 49.4 Å². The Labute approximate surface area is 159 Å². The van der Waals surface area contributed by atoms with Crippen LogP contribution in [0.2, 0.25) is 0 Å². The second-order valence-corrected chi connectivity index (χ2v) is 7.65. The summed E-state index contributed by atoms with van der Waals surface area (Å²) in [6.07, 6.45) is 1.99. The van der Waals surface area contributed by atoms with Gasteiger partial charge in [0.05, 0.1) is 17.5 Å².